The highest BCUT2D eigenvalue weighted by molar-refractivity contribution is 5.77. The molecule has 2 atom stereocenters. The third-order valence-corrected chi connectivity index (χ3v) is 4.82. The minimum atomic E-state index is -0.591. The molecule has 24 heavy (non-hydrogen) atoms. The summed E-state index contributed by atoms with van der Waals surface area (Å²) in [6.45, 7) is 0.763. The molecule has 1 amide bonds. The van der Waals surface area contributed by atoms with Crippen LogP contribution in [0.1, 0.15) is 42.9 Å². The number of benzene rings is 2. The summed E-state index contributed by atoms with van der Waals surface area (Å²) >= 11 is 0. The summed E-state index contributed by atoms with van der Waals surface area (Å²) in [6.07, 6.45) is 3.58. The van der Waals surface area contributed by atoms with Crippen LogP contribution in [0, 0.1) is 0 Å². The summed E-state index contributed by atoms with van der Waals surface area (Å²) in [6, 6.07) is 19.8. The van der Waals surface area contributed by atoms with E-state index < -0.39 is 6.10 Å². The molecule has 1 aliphatic rings. The standard InChI is InChI=1S/C21H25NO2/c23-20(15-7-11-17-9-3-1-4-10-17)22-16-8-14-19(22)21(24)18-12-5-2-6-13-18/h1-6,9-10,12-13,19,21,24H,7-8,11,14-16H2/t19?,21-/m1/s1. The smallest absolute Gasteiger partial charge is 0.222 e. The number of hydrogen-bond donors (Lipinski definition) is 1. The molecular weight excluding hydrogens is 298 g/mol. The number of carbonyl (C=O) groups excluding carboxylic acids is 1. The van der Waals surface area contributed by atoms with Crippen molar-refractivity contribution in [2.24, 2.45) is 0 Å². The van der Waals surface area contributed by atoms with Crippen LogP contribution in [0.3, 0.4) is 0 Å². The molecule has 1 unspecified atom stereocenters. The number of hydrogen-bond acceptors (Lipinski definition) is 2. The van der Waals surface area contributed by atoms with Gasteiger partial charge in [0.1, 0.15) is 0 Å². The van der Waals surface area contributed by atoms with Crippen LogP contribution in [0.25, 0.3) is 0 Å². The quantitative estimate of drug-likeness (QED) is 0.880. The zero-order chi connectivity index (χ0) is 16.8. The molecule has 3 nitrogen and oxygen atoms in total. The molecule has 1 saturated heterocycles. The first-order chi connectivity index (χ1) is 11.8. The minimum absolute atomic E-state index is 0.0865. The number of nitrogens with zero attached hydrogens (tertiary/aromatic N) is 1. The lowest BCUT2D eigenvalue weighted by atomic mass is 10.00. The van der Waals surface area contributed by atoms with Crippen LogP contribution in [0.5, 0.6) is 0 Å². The highest BCUT2D eigenvalue weighted by atomic mass is 16.3. The molecule has 1 aliphatic heterocycles. The SMILES string of the molecule is O=C(CCCc1ccccc1)N1CCCC1[C@H](O)c1ccccc1. The molecule has 0 aromatic heterocycles. The first-order valence-corrected chi connectivity index (χ1v) is 8.82. The molecule has 0 radical (unpaired) electrons. The summed E-state index contributed by atoms with van der Waals surface area (Å²) in [5.41, 5.74) is 2.17. The molecule has 2 aromatic carbocycles. The van der Waals surface area contributed by atoms with Crippen LogP contribution in [0.15, 0.2) is 60.7 Å². The van der Waals surface area contributed by atoms with Crippen molar-refractivity contribution in [3.63, 3.8) is 0 Å². The van der Waals surface area contributed by atoms with Crippen molar-refractivity contribution < 1.29 is 9.90 Å². The minimum Gasteiger partial charge on any atom is -0.386 e. The van der Waals surface area contributed by atoms with Crippen LogP contribution in [0.4, 0.5) is 0 Å². The maximum atomic E-state index is 12.6. The molecule has 0 spiro atoms. The summed E-state index contributed by atoms with van der Waals surface area (Å²) in [4.78, 5) is 14.5. The van der Waals surface area contributed by atoms with E-state index in [0.29, 0.717) is 6.42 Å². The van der Waals surface area contributed by atoms with Gasteiger partial charge in [-0.1, -0.05) is 60.7 Å². The van der Waals surface area contributed by atoms with Gasteiger partial charge in [-0.3, -0.25) is 4.79 Å². The Kier molecular flexibility index (Phi) is 5.65. The second-order valence-corrected chi connectivity index (χ2v) is 6.49. The zero-order valence-corrected chi connectivity index (χ0v) is 14.0. The monoisotopic (exact) mass is 323 g/mol. The lowest BCUT2D eigenvalue weighted by Gasteiger charge is -2.29. The van der Waals surface area contributed by atoms with Gasteiger partial charge in [0.15, 0.2) is 0 Å². The van der Waals surface area contributed by atoms with Gasteiger partial charge >= 0.3 is 0 Å². The van der Waals surface area contributed by atoms with Crippen LogP contribution in [-0.4, -0.2) is 28.5 Å². The van der Waals surface area contributed by atoms with Crippen molar-refractivity contribution in [2.45, 2.75) is 44.2 Å². The zero-order valence-electron chi connectivity index (χ0n) is 14.0. The topological polar surface area (TPSA) is 40.5 Å². The Morgan fingerprint density at radius 2 is 1.75 bits per heavy atom. The van der Waals surface area contributed by atoms with Gasteiger partial charge < -0.3 is 10.0 Å². The Morgan fingerprint density at radius 1 is 1.08 bits per heavy atom. The molecule has 1 fully saturated rings. The Hall–Kier alpha value is -2.13. The number of aliphatic hydroxyl groups excluding tert-OH is 1. The second kappa shape index (κ2) is 8.11. The Morgan fingerprint density at radius 3 is 2.46 bits per heavy atom. The number of amides is 1. The molecule has 0 aliphatic carbocycles. The van der Waals surface area contributed by atoms with E-state index in [-0.39, 0.29) is 11.9 Å². The Labute approximate surface area is 143 Å². The van der Waals surface area contributed by atoms with Gasteiger partial charge in [-0.2, -0.15) is 0 Å². The summed E-state index contributed by atoms with van der Waals surface area (Å²) < 4.78 is 0. The van der Waals surface area contributed by atoms with Gasteiger partial charge in [-0.25, -0.2) is 0 Å². The summed E-state index contributed by atoms with van der Waals surface area (Å²) in [7, 11) is 0. The molecule has 3 heteroatoms. The van der Waals surface area contributed by atoms with Crippen LogP contribution >= 0.6 is 0 Å². The van der Waals surface area contributed by atoms with Crippen molar-refractivity contribution in [3.8, 4) is 0 Å². The molecule has 2 aromatic rings. The van der Waals surface area contributed by atoms with E-state index in [1.165, 1.54) is 5.56 Å². The molecule has 1 heterocycles. The van der Waals surface area contributed by atoms with Gasteiger partial charge in [-0.05, 0) is 36.8 Å². The fourth-order valence-electron chi connectivity index (χ4n) is 3.53. The highest BCUT2D eigenvalue weighted by Crippen LogP contribution is 2.30. The van der Waals surface area contributed by atoms with Crippen molar-refractivity contribution >= 4 is 5.91 Å². The second-order valence-electron chi connectivity index (χ2n) is 6.49. The van der Waals surface area contributed by atoms with E-state index >= 15 is 0 Å². The van der Waals surface area contributed by atoms with Gasteiger partial charge in [0.2, 0.25) is 5.91 Å². The average Bonchev–Trinajstić information content (AvgIpc) is 3.12. The average molecular weight is 323 g/mol. The normalized spacial score (nSPS) is 18.5. The third-order valence-electron chi connectivity index (χ3n) is 4.82. The van der Waals surface area contributed by atoms with E-state index in [9.17, 15) is 9.90 Å². The molecule has 1 N–H and O–H groups in total. The van der Waals surface area contributed by atoms with E-state index in [4.69, 9.17) is 0 Å². The van der Waals surface area contributed by atoms with Crippen LogP contribution in [0.2, 0.25) is 0 Å². The third kappa shape index (κ3) is 4.04. The maximum absolute atomic E-state index is 12.6. The van der Waals surface area contributed by atoms with Crippen molar-refractivity contribution in [2.75, 3.05) is 6.54 Å². The van der Waals surface area contributed by atoms with Gasteiger partial charge in [0.25, 0.3) is 0 Å². The van der Waals surface area contributed by atoms with Crippen molar-refractivity contribution in [3.05, 3.63) is 71.8 Å². The van der Waals surface area contributed by atoms with Crippen molar-refractivity contribution in [1.82, 2.24) is 4.90 Å². The van der Waals surface area contributed by atoms with Crippen LogP contribution in [-0.2, 0) is 11.2 Å². The number of carbonyl (C=O) groups is 1. The first kappa shape index (κ1) is 16.7. The molecule has 3 rings (SSSR count). The fourth-order valence-corrected chi connectivity index (χ4v) is 3.53. The molecule has 0 bridgehead atoms. The van der Waals surface area contributed by atoms with Gasteiger partial charge in [0, 0.05) is 13.0 Å². The number of likely N-dealkylation sites (tertiary alicyclic amines) is 1. The Balaban J connectivity index is 1.55. The molecule has 0 saturated carbocycles. The summed E-state index contributed by atoms with van der Waals surface area (Å²) in [5, 5.41) is 10.6. The lowest BCUT2D eigenvalue weighted by molar-refractivity contribution is -0.134. The largest absolute Gasteiger partial charge is 0.386 e. The number of aliphatic hydroxyl groups is 1. The lowest BCUT2D eigenvalue weighted by Crippen LogP contribution is -2.39. The van der Waals surface area contributed by atoms with Crippen molar-refractivity contribution in [1.29, 1.82) is 0 Å². The predicted octanol–water partition coefficient (Wildman–Crippen LogP) is 3.73. The van der Waals surface area contributed by atoms with E-state index in [1.54, 1.807) is 0 Å². The predicted molar refractivity (Wildman–Crippen MR) is 95.5 cm³/mol. The molecular formula is C21H25NO2. The maximum Gasteiger partial charge on any atom is 0.222 e. The number of aryl methyl sites for hydroxylation is 1. The van der Waals surface area contributed by atoms with E-state index in [2.05, 4.69) is 12.1 Å². The number of rotatable bonds is 6. The van der Waals surface area contributed by atoms with E-state index in [0.717, 1.165) is 37.8 Å². The fraction of sp³-hybridized carbons (Fsp3) is 0.381. The highest BCUT2D eigenvalue weighted by Gasteiger charge is 2.34. The summed E-state index contributed by atoms with van der Waals surface area (Å²) in [5.74, 6) is 0.170. The van der Waals surface area contributed by atoms with Gasteiger partial charge in [0.05, 0.1) is 12.1 Å². The van der Waals surface area contributed by atoms with E-state index in [1.807, 2.05) is 53.4 Å². The first-order valence-electron chi connectivity index (χ1n) is 8.82. The molecule has 126 valence electrons. The van der Waals surface area contributed by atoms with Gasteiger partial charge in [-0.15, -0.1) is 0 Å². The Bertz CT molecular complexity index is 641. The van der Waals surface area contributed by atoms with Crippen LogP contribution < -0.4 is 0 Å².